The van der Waals surface area contributed by atoms with Crippen molar-refractivity contribution in [3.63, 3.8) is 0 Å². The molecule has 1 aliphatic heterocycles. The number of carbonyl (C=O) groups excluding carboxylic acids is 1. The van der Waals surface area contributed by atoms with Crippen molar-refractivity contribution in [1.82, 2.24) is 14.7 Å². The number of urea groups is 1. The normalized spacial score (nSPS) is 18.1. The highest BCUT2D eigenvalue weighted by Crippen LogP contribution is 2.22. The fourth-order valence-corrected chi connectivity index (χ4v) is 2.94. The number of amides is 2. The second-order valence-corrected chi connectivity index (χ2v) is 6.32. The van der Waals surface area contributed by atoms with Gasteiger partial charge in [-0.1, -0.05) is 18.2 Å². The van der Waals surface area contributed by atoms with Crippen LogP contribution in [0.15, 0.2) is 36.7 Å². The molecule has 1 saturated heterocycles. The number of halogens is 1. The van der Waals surface area contributed by atoms with Crippen LogP contribution in [0.3, 0.4) is 0 Å². The number of hydrogen-bond donors (Lipinski definition) is 1. The maximum absolute atomic E-state index is 13.9. The molecule has 134 valence electrons. The number of rotatable bonds is 5. The predicted molar refractivity (Wildman–Crippen MR) is 92.8 cm³/mol. The van der Waals surface area contributed by atoms with Crippen molar-refractivity contribution in [2.45, 2.75) is 38.5 Å². The summed E-state index contributed by atoms with van der Waals surface area (Å²) in [5, 5.41) is 7.05. The van der Waals surface area contributed by atoms with Crippen LogP contribution in [-0.2, 0) is 11.3 Å². The molecule has 2 aromatic rings. The highest BCUT2D eigenvalue weighted by Gasteiger charge is 2.21. The number of carbonyl (C=O) groups is 1. The molecule has 0 aliphatic carbocycles. The molecule has 0 spiro atoms. The largest absolute Gasteiger partial charge is 0.376 e. The van der Waals surface area contributed by atoms with E-state index in [1.54, 1.807) is 49.2 Å². The second kappa shape index (κ2) is 7.65. The van der Waals surface area contributed by atoms with E-state index < -0.39 is 0 Å². The fraction of sp³-hybridized carbons (Fsp3) is 0.444. The van der Waals surface area contributed by atoms with Crippen molar-refractivity contribution in [1.29, 1.82) is 0 Å². The van der Waals surface area contributed by atoms with Crippen molar-refractivity contribution < 1.29 is 13.9 Å². The summed E-state index contributed by atoms with van der Waals surface area (Å²) in [6.07, 6.45) is 5.68. The smallest absolute Gasteiger partial charge is 0.322 e. The predicted octanol–water partition coefficient (Wildman–Crippen LogP) is 3.43. The van der Waals surface area contributed by atoms with E-state index in [2.05, 4.69) is 10.4 Å². The van der Waals surface area contributed by atoms with Gasteiger partial charge in [-0.2, -0.15) is 5.10 Å². The van der Waals surface area contributed by atoms with Crippen molar-refractivity contribution in [2.75, 3.05) is 19.0 Å². The number of ether oxygens (including phenoxy) is 1. The highest BCUT2D eigenvalue weighted by atomic mass is 19.1. The Hall–Kier alpha value is -2.41. The van der Waals surface area contributed by atoms with Gasteiger partial charge in [0.2, 0.25) is 0 Å². The quantitative estimate of drug-likeness (QED) is 0.902. The van der Waals surface area contributed by atoms with Gasteiger partial charge < -0.3 is 15.0 Å². The Morgan fingerprint density at radius 1 is 1.52 bits per heavy atom. The minimum absolute atomic E-state index is 0.187. The van der Waals surface area contributed by atoms with Crippen LogP contribution < -0.4 is 5.32 Å². The molecule has 0 saturated carbocycles. The van der Waals surface area contributed by atoms with Crippen molar-refractivity contribution in [3.05, 3.63) is 48.0 Å². The zero-order chi connectivity index (χ0) is 17.8. The highest BCUT2D eigenvalue weighted by molar-refractivity contribution is 5.89. The Morgan fingerprint density at radius 2 is 2.32 bits per heavy atom. The summed E-state index contributed by atoms with van der Waals surface area (Å²) in [7, 11) is 1.64. The third kappa shape index (κ3) is 4.17. The SMILES string of the molecule is C[C@@H](c1ccccc1F)N(C)C(=O)Nc1cnn(C[C@@H]2CCCO2)c1. The summed E-state index contributed by atoms with van der Waals surface area (Å²) in [5.74, 6) is -0.320. The fourth-order valence-electron chi connectivity index (χ4n) is 2.94. The molecule has 2 atom stereocenters. The molecule has 1 aliphatic rings. The minimum atomic E-state index is -0.386. The van der Waals surface area contributed by atoms with E-state index in [0.29, 0.717) is 17.8 Å². The van der Waals surface area contributed by atoms with E-state index in [1.165, 1.54) is 11.0 Å². The average molecular weight is 346 g/mol. The third-order valence-electron chi connectivity index (χ3n) is 4.56. The van der Waals surface area contributed by atoms with Crippen LogP contribution in [0.1, 0.15) is 31.4 Å². The average Bonchev–Trinajstić information content (AvgIpc) is 3.26. The summed E-state index contributed by atoms with van der Waals surface area (Å²) in [4.78, 5) is 13.9. The zero-order valence-electron chi connectivity index (χ0n) is 14.5. The summed E-state index contributed by atoms with van der Waals surface area (Å²) in [6.45, 7) is 3.27. The molecule has 25 heavy (non-hydrogen) atoms. The number of hydrogen-bond acceptors (Lipinski definition) is 3. The van der Waals surface area contributed by atoms with Crippen molar-refractivity contribution in [3.8, 4) is 0 Å². The third-order valence-corrected chi connectivity index (χ3v) is 4.56. The van der Waals surface area contributed by atoms with E-state index in [4.69, 9.17) is 4.74 Å². The molecule has 1 N–H and O–H groups in total. The first-order valence-electron chi connectivity index (χ1n) is 8.47. The maximum Gasteiger partial charge on any atom is 0.322 e. The lowest BCUT2D eigenvalue weighted by Crippen LogP contribution is -2.33. The van der Waals surface area contributed by atoms with Gasteiger partial charge >= 0.3 is 6.03 Å². The molecule has 0 bridgehead atoms. The van der Waals surface area contributed by atoms with Gasteiger partial charge in [-0.15, -0.1) is 0 Å². The molecule has 1 aromatic carbocycles. The first-order valence-corrected chi connectivity index (χ1v) is 8.47. The number of aromatic nitrogens is 2. The lowest BCUT2D eigenvalue weighted by Gasteiger charge is -2.25. The molecule has 0 unspecified atom stereocenters. The maximum atomic E-state index is 13.9. The van der Waals surface area contributed by atoms with Gasteiger partial charge in [-0.05, 0) is 25.8 Å². The number of benzene rings is 1. The Balaban J connectivity index is 1.59. The summed E-state index contributed by atoms with van der Waals surface area (Å²) >= 11 is 0. The molecular formula is C18H23FN4O2. The van der Waals surface area contributed by atoms with E-state index in [1.807, 2.05) is 0 Å². The number of anilines is 1. The molecular weight excluding hydrogens is 323 g/mol. The molecule has 1 fully saturated rings. The van der Waals surface area contributed by atoms with E-state index in [-0.39, 0.29) is 24.0 Å². The van der Waals surface area contributed by atoms with Gasteiger partial charge in [-0.25, -0.2) is 9.18 Å². The number of nitrogens with zero attached hydrogens (tertiary/aromatic N) is 3. The Labute approximate surface area is 146 Å². The minimum Gasteiger partial charge on any atom is -0.376 e. The van der Waals surface area contributed by atoms with Crippen LogP contribution in [0.5, 0.6) is 0 Å². The lowest BCUT2D eigenvalue weighted by molar-refractivity contribution is 0.0940. The van der Waals surface area contributed by atoms with Crippen molar-refractivity contribution >= 4 is 11.7 Å². The Kier molecular flexibility index (Phi) is 5.33. The molecule has 1 aromatic heterocycles. The zero-order valence-corrected chi connectivity index (χ0v) is 14.5. The van der Waals surface area contributed by atoms with Crippen LogP contribution in [0, 0.1) is 5.82 Å². The van der Waals surface area contributed by atoms with E-state index >= 15 is 0 Å². The summed E-state index contributed by atoms with van der Waals surface area (Å²) < 4.78 is 21.3. The van der Waals surface area contributed by atoms with Crippen molar-refractivity contribution in [2.24, 2.45) is 0 Å². The Bertz CT molecular complexity index is 727. The van der Waals surface area contributed by atoms with Gasteiger partial charge in [-0.3, -0.25) is 4.68 Å². The lowest BCUT2D eigenvalue weighted by atomic mass is 10.1. The van der Waals surface area contributed by atoms with Crippen LogP contribution in [-0.4, -0.2) is 40.5 Å². The van der Waals surface area contributed by atoms with E-state index in [0.717, 1.165) is 19.4 Å². The number of nitrogens with one attached hydrogen (secondary N) is 1. The van der Waals surface area contributed by atoms with Gasteiger partial charge in [0.25, 0.3) is 0 Å². The van der Waals surface area contributed by atoms with Gasteiger partial charge in [0.05, 0.1) is 30.6 Å². The van der Waals surface area contributed by atoms with Crippen LogP contribution in [0.4, 0.5) is 14.9 Å². The Morgan fingerprint density at radius 3 is 3.04 bits per heavy atom. The van der Waals surface area contributed by atoms with Crippen LogP contribution in [0.2, 0.25) is 0 Å². The molecule has 2 heterocycles. The standard InChI is InChI=1S/C18H23FN4O2/c1-13(16-7-3-4-8-17(16)19)22(2)18(24)21-14-10-20-23(11-14)12-15-6-5-9-25-15/h3-4,7-8,10-11,13,15H,5-6,9,12H2,1-2H3,(H,21,24)/t13-,15-/m0/s1. The van der Waals surface area contributed by atoms with Gasteiger partial charge in [0.15, 0.2) is 0 Å². The summed E-state index contributed by atoms with van der Waals surface area (Å²) in [6, 6.07) is 5.77. The van der Waals surface area contributed by atoms with E-state index in [9.17, 15) is 9.18 Å². The van der Waals surface area contributed by atoms with Crippen LogP contribution >= 0.6 is 0 Å². The molecule has 7 heteroatoms. The van der Waals surface area contributed by atoms with Gasteiger partial charge in [0.1, 0.15) is 5.82 Å². The molecule has 2 amide bonds. The second-order valence-electron chi connectivity index (χ2n) is 6.32. The first kappa shape index (κ1) is 17.4. The van der Waals surface area contributed by atoms with Crippen LogP contribution in [0.25, 0.3) is 0 Å². The first-order chi connectivity index (χ1) is 12.0. The topological polar surface area (TPSA) is 59.4 Å². The van der Waals surface area contributed by atoms with Gasteiger partial charge in [0, 0.05) is 25.4 Å². The molecule has 6 nitrogen and oxygen atoms in total. The molecule has 3 rings (SSSR count). The monoisotopic (exact) mass is 346 g/mol. The molecule has 0 radical (unpaired) electrons. The summed E-state index contributed by atoms with van der Waals surface area (Å²) in [5.41, 5.74) is 1.09.